The Kier molecular flexibility index (Phi) is 5.95. The first kappa shape index (κ1) is 16.5. The first-order valence-electron chi connectivity index (χ1n) is 7.99. The summed E-state index contributed by atoms with van der Waals surface area (Å²) in [5.41, 5.74) is 0.928. The van der Waals surface area contributed by atoms with E-state index in [1.807, 2.05) is 42.2 Å². The molecule has 5 nitrogen and oxygen atoms in total. The van der Waals surface area contributed by atoms with Crippen LogP contribution >= 0.6 is 0 Å². The van der Waals surface area contributed by atoms with Crippen LogP contribution in [0.15, 0.2) is 30.3 Å². The van der Waals surface area contributed by atoms with Gasteiger partial charge in [-0.1, -0.05) is 37.3 Å². The fourth-order valence-electron chi connectivity index (χ4n) is 3.01. The molecule has 2 unspecified atom stereocenters. The number of amides is 2. The van der Waals surface area contributed by atoms with Gasteiger partial charge in [0.15, 0.2) is 0 Å². The van der Waals surface area contributed by atoms with Gasteiger partial charge in [-0.15, -0.1) is 0 Å². The topological polar surface area (TPSA) is 61.4 Å². The van der Waals surface area contributed by atoms with Crippen LogP contribution in [-0.2, 0) is 9.59 Å². The highest BCUT2D eigenvalue weighted by molar-refractivity contribution is 5.86. The lowest BCUT2D eigenvalue weighted by atomic mass is 10.0. The molecule has 2 amide bonds. The number of carbonyl (C=O) groups excluding carboxylic acids is 2. The second-order valence-electron chi connectivity index (χ2n) is 5.61. The lowest BCUT2D eigenvalue weighted by Gasteiger charge is -2.31. The van der Waals surface area contributed by atoms with E-state index in [0.29, 0.717) is 6.54 Å². The van der Waals surface area contributed by atoms with E-state index in [0.717, 1.165) is 31.4 Å². The molecule has 2 atom stereocenters. The van der Waals surface area contributed by atoms with Crippen molar-refractivity contribution in [3.63, 3.8) is 0 Å². The van der Waals surface area contributed by atoms with Gasteiger partial charge in [0.05, 0.1) is 6.04 Å². The zero-order valence-electron chi connectivity index (χ0n) is 13.3. The Morgan fingerprint density at radius 1 is 1.32 bits per heavy atom. The van der Waals surface area contributed by atoms with Crippen molar-refractivity contribution in [2.45, 2.75) is 38.3 Å². The highest BCUT2D eigenvalue weighted by Gasteiger charge is 2.38. The SMILES string of the molecule is CCCNC(=O)C1CCCN1C(C(=O)NC)c1ccccc1. The third-order valence-corrected chi connectivity index (χ3v) is 4.09. The van der Waals surface area contributed by atoms with Crippen molar-refractivity contribution in [3.05, 3.63) is 35.9 Å². The number of nitrogens with zero attached hydrogens (tertiary/aromatic N) is 1. The molecule has 2 N–H and O–H groups in total. The van der Waals surface area contributed by atoms with Crippen molar-refractivity contribution >= 4 is 11.8 Å². The van der Waals surface area contributed by atoms with Crippen LogP contribution in [0.5, 0.6) is 0 Å². The number of rotatable bonds is 6. The molecule has 1 fully saturated rings. The van der Waals surface area contributed by atoms with Crippen LogP contribution in [0, 0.1) is 0 Å². The van der Waals surface area contributed by atoms with Gasteiger partial charge in [0.2, 0.25) is 11.8 Å². The Morgan fingerprint density at radius 3 is 2.68 bits per heavy atom. The van der Waals surface area contributed by atoms with E-state index in [-0.39, 0.29) is 17.9 Å². The van der Waals surface area contributed by atoms with E-state index in [1.165, 1.54) is 0 Å². The number of hydrogen-bond donors (Lipinski definition) is 2. The molecule has 120 valence electrons. The summed E-state index contributed by atoms with van der Waals surface area (Å²) in [6.07, 6.45) is 2.65. The molecule has 1 aromatic carbocycles. The lowest BCUT2D eigenvalue weighted by Crippen LogP contribution is -2.48. The molecule has 0 saturated carbocycles. The first-order valence-corrected chi connectivity index (χ1v) is 7.99. The predicted molar refractivity (Wildman–Crippen MR) is 86.3 cm³/mol. The van der Waals surface area contributed by atoms with Gasteiger partial charge in [-0.3, -0.25) is 14.5 Å². The molecule has 1 heterocycles. The Morgan fingerprint density at radius 2 is 2.05 bits per heavy atom. The van der Waals surface area contributed by atoms with Crippen molar-refractivity contribution in [3.8, 4) is 0 Å². The summed E-state index contributed by atoms with van der Waals surface area (Å²) in [5, 5.41) is 5.69. The van der Waals surface area contributed by atoms with Gasteiger partial charge in [0.25, 0.3) is 0 Å². The summed E-state index contributed by atoms with van der Waals surface area (Å²) < 4.78 is 0. The first-order chi connectivity index (χ1) is 10.7. The van der Waals surface area contributed by atoms with E-state index >= 15 is 0 Å². The number of carbonyl (C=O) groups is 2. The third-order valence-electron chi connectivity index (χ3n) is 4.09. The van der Waals surface area contributed by atoms with Crippen LogP contribution in [-0.4, -0.2) is 42.9 Å². The Labute approximate surface area is 132 Å². The molecule has 1 aromatic rings. The Hall–Kier alpha value is -1.88. The maximum Gasteiger partial charge on any atom is 0.241 e. The molecule has 1 aliphatic heterocycles. The Balaban J connectivity index is 2.23. The smallest absolute Gasteiger partial charge is 0.241 e. The van der Waals surface area contributed by atoms with Crippen molar-refractivity contribution in [2.75, 3.05) is 20.1 Å². The third kappa shape index (κ3) is 3.65. The van der Waals surface area contributed by atoms with E-state index in [9.17, 15) is 9.59 Å². The number of nitrogens with one attached hydrogen (secondary N) is 2. The summed E-state index contributed by atoms with van der Waals surface area (Å²) in [7, 11) is 1.64. The number of benzene rings is 1. The van der Waals surface area contributed by atoms with Crippen LogP contribution in [0.3, 0.4) is 0 Å². The maximum absolute atomic E-state index is 12.4. The van der Waals surface area contributed by atoms with Gasteiger partial charge in [-0.05, 0) is 24.8 Å². The fraction of sp³-hybridized carbons (Fsp3) is 0.529. The van der Waals surface area contributed by atoms with Crippen molar-refractivity contribution < 1.29 is 9.59 Å². The average Bonchev–Trinajstić information content (AvgIpc) is 3.03. The fourth-order valence-corrected chi connectivity index (χ4v) is 3.01. The molecule has 1 aliphatic rings. The van der Waals surface area contributed by atoms with Crippen molar-refractivity contribution in [1.29, 1.82) is 0 Å². The van der Waals surface area contributed by atoms with Crippen LogP contribution in [0.1, 0.15) is 37.8 Å². The highest BCUT2D eigenvalue weighted by atomic mass is 16.2. The van der Waals surface area contributed by atoms with Gasteiger partial charge < -0.3 is 10.6 Å². The number of likely N-dealkylation sites (N-methyl/N-ethyl adjacent to an activating group) is 1. The minimum Gasteiger partial charge on any atom is -0.358 e. The summed E-state index contributed by atoms with van der Waals surface area (Å²) in [4.78, 5) is 26.8. The molecule has 2 rings (SSSR count). The zero-order chi connectivity index (χ0) is 15.9. The molecule has 0 bridgehead atoms. The predicted octanol–water partition coefficient (Wildman–Crippen LogP) is 1.46. The quantitative estimate of drug-likeness (QED) is 0.836. The second kappa shape index (κ2) is 7.94. The zero-order valence-corrected chi connectivity index (χ0v) is 13.3. The summed E-state index contributed by atoms with van der Waals surface area (Å²) in [5.74, 6) is -0.0365. The molecule has 0 radical (unpaired) electrons. The summed E-state index contributed by atoms with van der Waals surface area (Å²) in [6, 6.07) is 9.03. The van der Waals surface area contributed by atoms with Gasteiger partial charge in [0.1, 0.15) is 6.04 Å². The van der Waals surface area contributed by atoms with Crippen molar-refractivity contribution in [2.24, 2.45) is 0 Å². The van der Waals surface area contributed by atoms with Gasteiger partial charge in [-0.2, -0.15) is 0 Å². The molecule has 1 saturated heterocycles. The van der Waals surface area contributed by atoms with Crippen LogP contribution in [0.25, 0.3) is 0 Å². The summed E-state index contributed by atoms with van der Waals surface area (Å²) in [6.45, 7) is 3.47. The lowest BCUT2D eigenvalue weighted by molar-refractivity contribution is -0.131. The van der Waals surface area contributed by atoms with E-state index < -0.39 is 6.04 Å². The molecular formula is C17H25N3O2. The van der Waals surface area contributed by atoms with Gasteiger partial charge >= 0.3 is 0 Å². The van der Waals surface area contributed by atoms with E-state index in [2.05, 4.69) is 10.6 Å². The maximum atomic E-state index is 12.4. The molecule has 0 aliphatic carbocycles. The standard InChI is InChI=1S/C17H25N3O2/c1-3-11-19-16(21)14-10-7-12-20(14)15(17(22)18-2)13-8-5-4-6-9-13/h4-6,8-9,14-15H,3,7,10-12H2,1-2H3,(H,18,22)(H,19,21). The number of hydrogen-bond acceptors (Lipinski definition) is 3. The average molecular weight is 303 g/mol. The highest BCUT2D eigenvalue weighted by Crippen LogP contribution is 2.29. The van der Waals surface area contributed by atoms with E-state index in [4.69, 9.17) is 0 Å². The van der Waals surface area contributed by atoms with Gasteiger partial charge in [-0.25, -0.2) is 0 Å². The minimum atomic E-state index is -0.411. The molecule has 5 heteroatoms. The number of likely N-dealkylation sites (tertiary alicyclic amines) is 1. The monoisotopic (exact) mass is 303 g/mol. The molecular weight excluding hydrogens is 278 g/mol. The molecule has 0 spiro atoms. The van der Waals surface area contributed by atoms with Gasteiger partial charge in [0, 0.05) is 20.1 Å². The molecule has 22 heavy (non-hydrogen) atoms. The molecule has 0 aromatic heterocycles. The Bertz CT molecular complexity index is 504. The van der Waals surface area contributed by atoms with Crippen LogP contribution in [0.4, 0.5) is 0 Å². The van der Waals surface area contributed by atoms with Crippen LogP contribution in [0.2, 0.25) is 0 Å². The minimum absolute atomic E-state index is 0.0317. The van der Waals surface area contributed by atoms with Crippen molar-refractivity contribution in [1.82, 2.24) is 15.5 Å². The largest absolute Gasteiger partial charge is 0.358 e. The van der Waals surface area contributed by atoms with E-state index in [1.54, 1.807) is 7.05 Å². The second-order valence-corrected chi connectivity index (χ2v) is 5.61. The summed E-state index contributed by atoms with van der Waals surface area (Å²) >= 11 is 0. The van der Waals surface area contributed by atoms with Crippen LogP contribution < -0.4 is 10.6 Å². The normalized spacial score (nSPS) is 19.6.